The van der Waals surface area contributed by atoms with Crippen LogP contribution in [0.3, 0.4) is 0 Å². The highest BCUT2D eigenvalue weighted by Gasteiger charge is 2.26. The number of anilines is 2. The molecule has 0 fully saturated rings. The Morgan fingerprint density at radius 1 is 1.07 bits per heavy atom. The summed E-state index contributed by atoms with van der Waals surface area (Å²) < 4.78 is 6.63. The van der Waals surface area contributed by atoms with Crippen molar-refractivity contribution in [2.24, 2.45) is 0 Å². The van der Waals surface area contributed by atoms with E-state index in [9.17, 15) is 9.59 Å². The minimum Gasteiger partial charge on any atom is -0.497 e. The van der Waals surface area contributed by atoms with E-state index in [1.807, 2.05) is 59.5 Å². The molecule has 1 N–H and O–H groups in total. The van der Waals surface area contributed by atoms with E-state index in [2.05, 4.69) is 15.5 Å². The molecule has 2 heterocycles. The second-order valence-electron chi connectivity index (χ2n) is 6.65. The molecule has 29 heavy (non-hydrogen) atoms. The van der Waals surface area contributed by atoms with Crippen molar-refractivity contribution < 1.29 is 9.53 Å². The average molecular weight is 391 g/mol. The quantitative estimate of drug-likeness (QED) is 0.689. The van der Waals surface area contributed by atoms with Crippen LogP contribution < -0.4 is 20.5 Å². The molecular formula is C21H21N5O3. The van der Waals surface area contributed by atoms with Gasteiger partial charge in [0.05, 0.1) is 7.11 Å². The fraction of sp³-hybridized carbons (Fsp3) is 0.238. The van der Waals surface area contributed by atoms with E-state index in [0.29, 0.717) is 32.0 Å². The number of ether oxygens (including phenoxy) is 1. The number of carbonyl (C=O) groups excluding carboxylic acids is 1. The third-order valence-electron chi connectivity index (χ3n) is 4.86. The fourth-order valence-electron chi connectivity index (χ4n) is 3.30. The SMILES string of the molecule is COc1ccc(CCNC(=O)c2nnc3n(c2=O)CCN3c2ccccc2)cc1. The first-order valence-electron chi connectivity index (χ1n) is 9.38. The maximum absolute atomic E-state index is 12.7. The summed E-state index contributed by atoms with van der Waals surface area (Å²) in [5.74, 6) is 0.726. The number of hydrogen-bond donors (Lipinski definition) is 1. The van der Waals surface area contributed by atoms with Gasteiger partial charge in [-0.25, -0.2) is 0 Å². The van der Waals surface area contributed by atoms with Crippen LogP contribution >= 0.6 is 0 Å². The monoisotopic (exact) mass is 391 g/mol. The van der Waals surface area contributed by atoms with Crippen LogP contribution in [-0.2, 0) is 13.0 Å². The lowest BCUT2D eigenvalue weighted by Gasteiger charge is -2.16. The maximum atomic E-state index is 12.7. The van der Waals surface area contributed by atoms with Gasteiger partial charge >= 0.3 is 0 Å². The Kier molecular flexibility index (Phi) is 5.24. The third-order valence-corrected chi connectivity index (χ3v) is 4.86. The van der Waals surface area contributed by atoms with Gasteiger partial charge < -0.3 is 15.0 Å². The van der Waals surface area contributed by atoms with Gasteiger partial charge in [-0.15, -0.1) is 10.2 Å². The second-order valence-corrected chi connectivity index (χ2v) is 6.65. The number of nitrogens with one attached hydrogen (secondary N) is 1. The molecule has 8 nitrogen and oxygen atoms in total. The Morgan fingerprint density at radius 2 is 1.83 bits per heavy atom. The van der Waals surface area contributed by atoms with Gasteiger partial charge in [-0.3, -0.25) is 14.2 Å². The summed E-state index contributed by atoms with van der Waals surface area (Å²) in [4.78, 5) is 27.1. The van der Waals surface area contributed by atoms with Gasteiger partial charge in [0.25, 0.3) is 11.5 Å². The number of benzene rings is 2. The molecule has 0 bridgehead atoms. The number of carbonyl (C=O) groups is 1. The number of nitrogens with zero attached hydrogens (tertiary/aromatic N) is 4. The molecule has 1 amide bonds. The molecule has 1 aromatic heterocycles. The standard InChI is InChI=1S/C21H21N5O3/c1-29-17-9-7-15(8-10-17)11-12-22-19(27)18-20(28)26-14-13-25(21(26)24-23-18)16-5-3-2-4-6-16/h2-10H,11-14H2,1H3,(H,22,27). The van der Waals surface area contributed by atoms with Crippen molar-refractivity contribution in [2.75, 3.05) is 25.1 Å². The zero-order valence-electron chi connectivity index (χ0n) is 16.0. The first-order valence-corrected chi connectivity index (χ1v) is 9.38. The molecule has 1 aliphatic rings. The highest BCUT2D eigenvalue weighted by molar-refractivity contribution is 5.91. The second kappa shape index (κ2) is 8.14. The van der Waals surface area contributed by atoms with Crippen molar-refractivity contribution in [3.05, 3.63) is 76.2 Å². The molecule has 0 atom stereocenters. The van der Waals surface area contributed by atoms with Gasteiger partial charge in [0.1, 0.15) is 5.75 Å². The van der Waals surface area contributed by atoms with Crippen molar-refractivity contribution >= 4 is 17.5 Å². The number of amides is 1. The fourth-order valence-corrected chi connectivity index (χ4v) is 3.30. The zero-order chi connectivity index (χ0) is 20.2. The number of hydrogen-bond acceptors (Lipinski definition) is 6. The van der Waals surface area contributed by atoms with Crippen LogP contribution in [0.15, 0.2) is 59.4 Å². The molecule has 2 aromatic carbocycles. The Bertz CT molecular complexity index is 1060. The number of rotatable bonds is 6. The Balaban J connectivity index is 1.44. The number of methoxy groups -OCH3 is 1. The van der Waals surface area contributed by atoms with Crippen molar-refractivity contribution in [3.63, 3.8) is 0 Å². The average Bonchev–Trinajstić information content (AvgIpc) is 3.20. The van der Waals surface area contributed by atoms with Crippen LogP contribution in [0.4, 0.5) is 11.6 Å². The molecule has 3 aromatic rings. The zero-order valence-corrected chi connectivity index (χ0v) is 16.0. The predicted octanol–water partition coefficient (Wildman–Crippen LogP) is 1.77. The third kappa shape index (κ3) is 3.82. The Morgan fingerprint density at radius 3 is 2.55 bits per heavy atom. The van der Waals surface area contributed by atoms with Gasteiger partial charge in [-0.05, 0) is 36.2 Å². The highest BCUT2D eigenvalue weighted by atomic mass is 16.5. The van der Waals surface area contributed by atoms with Crippen LogP contribution in [0.5, 0.6) is 5.75 Å². The van der Waals surface area contributed by atoms with Crippen molar-refractivity contribution in [1.29, 1.82) is 0 Å². The summed E-state index contributed by atoms with van der Waals surface area (Å²) in [6, 6.07) is 17.3. The summed E-state index contributed by atoms with van der Waals surface area (Å²) in [6.45, 7) is 1.46. The van der Waals surface area contributed by atoms with Crippen molar-refractivity contribution in [2.45, 2.75) is 13.0 Å². The van der Waals surface area contributed by atoms with Crippen LogP contribution in [0.25, 0.3) is 0 Å². The predicted molar refractivity (Wildman–Crippen MR) is 109 cm³/mol. The van der Waals surface area contributed by atoms with Crippen molar-refractivity contribution in [1.82, 2.24) is 20.1 Å². The number of fused-ring (bicyclic) bond motifs is 1. The van der Waals surface area contributed by atoms with E-state index < -0.39 is 11.5 Å². The van der Waals surface area contributed by atoms with E-state index in [0.717, 1.165) is 17.0 Å². The first-order chi connectivity index (χ1) is 14.2. The van der Waals surface area contributed by atoms with Gasteiger partial charge in [0.2, 0.25) is 11.6 Å². The molecule has 0 saturated heterocycles. The molecule has 0 aliphatic carbocycles. The normalized spacial score (nSPS) is 12.5. The van der Waals surface area contributed by atoms with E-state index >= 15 is 0 Å². The van der Waals surface area contributed by atoms with E-state index in [1.54, 1.807) is 7.11 Å². The molecule has 4 rings (SSSR count). The Labute approximate surface area is 167 Å². The van der Waals surface area contributed by atoms with Crippen LogP contribution in [0, 0.1) is 0 Å². The maximum Gasteiger partial charge on any atom is 0.286 e. The molecule has 0 saturated carbocycles. The van der Waals surface area contributed by atoms with E-state index in [-0.39, 0.29) is 5.69 Å². The lowest BCUT2D eigenvalue weighted by Crippen LogP contribution is -2.35. The lowest BCUT2D eigenvalue weighted by atomic mass is 10.1. The molecule has 148 valence electrons. The number of para-hydroxylation sites is 1. The minimum absolute atomic E-state index is 0.182. The number of aromatic nitrogens is 3. The molecule has 0 radical (unpaired) electrons. The summed E-state index contributed by atoms with van der Waals surface area (Å²) in [5.41, 5.74) is 1.39. The van der Waals surface area contributed by atoms with Crippen molar-refractivity contribution in [3.8, 4) is 5.75 Å². The van der Waals surface area contributed by atoms with Gasteiger partial charge in [0.15, 0.2) is 0 Å². The summed E-state index contributed by atoms with van der Waals surface area (Å²) in [5, 5.41) is 10.8. The highest BCUT2D eigenvalue weighted by Crippen LogP contribution is 2.25. The van der Waals surface area contributed by atoms with Crippen LogP contribution in [0.2, 0.25) is 0 Å². The topological polar surface area (TPSA) is 89.3 Å². The summed E-state index contributed by atoms with van der Waals surface area (Å²) in [7, 11) is 1.62. The van der Waals surface area contributed by atoms with Gasteiger partial charge in [0, 0.05) is 25.3 Å². The van der Waals surface area contributed by atoms with Crippen LogP contribution in [0.1, 0.15) is 16.1 Å². The molecule has 0 spiro atoms. The smallest absolute Gasteiger partial charge is 0.286 e. The Hall–Kier alpha value is -3.68. The minimum atomic E-state index is -0.510. The van der Waals surface area contributed by atoms with Gasteiger partial charge in [-0.2, -0.15) is 0 Å². The van der Waals surface area contributed by atoms with E-state index in [4.69, 9.17) is 4.74 Å². The summed E-state index contributed by atoms with van der Waals surface area (Å²) >= 11 is 0. The first kappa shape index (κ1) is 18.7. The molecule has 8 heteroatoms. The molecular weight excluding hydrogens is 370 g/mol. The summed E-state index contributed by atoms with van der Waals surface area (Å²) in [6.07, 6.45) is 0.636. The molecule has 1 aliphatic heterocycles. The molecule has 0 unspecified atom stereocenters. The largest absolute Gasteiger partial charge is 0.497 e. The lowest BCUT2D eigenvalue weighted by molar-refractivity contribution is 0.0945. The van der Waals surface area contributed by atoms with E-state index in [1.165, 1.54) is 4.57 Å². The van der Waals surface area contributed by atoms with Crippen LogP contribution in [-0.4, -0.2) is 40.9 Å². The van der Waals surface area contributed by atoms with Gasteiger partial charge in [-0.1, -0.05) is 30.3 Å².